The molecular formula is C12H17N3O4. The van der Waals surface area contributed by atoms with E-state index in [4.69, 9.17) is 9.84 Å². The lowest BCUT2D eigenvalue weighted by molar-refractivity contribution is -0.119. The Morgan fingerprint density at radius 1 is 1.47 bits per heavy atom. The largest absolute Gasteiger partial charge is 0.477 e. The normalized spacial score (nSPS) is 10.0. The number of nitrogens with zero attached hydrogens (tertiary/aromatic N) is 2. The maximum atomic E-state index is 11.6. The zero-order valence-electron chi connectivity index (χ0n) is 10.9. The minimum atomic E-state index is -1.08. The summed E-state index contributed by atoms with van der Waals surface area (Å²) in [6, 6.07) is 3.01. The molecule has 1 rings (SSSR count). The number of methoxy groups -OCH3 is 1. The molecule has 104 valence electrons. The minimum absolute atomic E-state index is 0.0262. The Bertz CT molecular complexity index is 433. The summed E-state index contributed by atoms with van der Waals surface area (Å²) in [5, 5.41) is 11.4. The number of carbonyl (C=O) groups is 2. The van der Waals surface area contributed by atoms with Gasteiger partial charge in [0, 0.05) is 20.7 Å². The molecule has 1 heterocycles. The quantitative estimate of drug-likeness (QED) is 0.674. The number of nitrogens with one attached hydrogen (secondary N) is 1. The first kappa shape index (κ1) is 14.9. The third-order valence-corrected chi connectivity index (χ3v) is 2.42. The van der Waals surface area contributed by atoms with Gasteiger partial charge in [-0.05, 0) is 12.1 Å². The SMILES string of the molecule is COCCNC(=O)CN(C)c1ccc(C(=O)O)nc1. The lowest BCUT2D eigenvalue weighted by Gasteiger charge is -2.18. The molecule has 1 aromatic heterocycles. The maximum Gasteiger partial charge on any atom is 0.354 e. The first-order valence-corrected chi connectivity index (χ1v) is 5.70. The number of ether oxygens (including phenoxy) is 1. The molecule has 0 bridgehead atoms. The number of aromatic nitrogens is 1. The van der Waals surface area contributed by atoms with Crippen molar-refractivity contribution in [1.29, 1.82) is 0 Å². The van der Waals surface area contributed by atoms with Crippen molar-refractivity contribution < 1.29 is 19.4 Å². The van der Waals surface area contributed by atoms with Crippen LogP contribution in [0.2, 0.25) is 0 Å². The molecule has 19 heavy (non-hydrogen) atoms. The number of hydrogen-bond acceptors (Lipinski definition) is 5. The van der Waals surface area contributed by atoms with E-state index in [1.807, 2.05) is 0 Å². The van der Waals surface area contributed by atoms with Crippen LogP contribution in [0.4, 0.5) is 5.69 Å². The summed E-state index contributed by atoms with van der Waals surface area (Å²) in [5.74, 6) is -1.21. The molecule has 0 aliphatic heterocycles. The van der Waals surface area contributed by atoms with E-state index in [0.29, 0.717) is 18.8 Å². The fourth-order valence-electron chi connectivity index (χ4n) is 1.39. The molecule has 0 aromatic carbocycles. The Morgan fingerprint density at radius 3 is 2.74 bits per heavy atom. The second kappa shape index (κ2) is 7.32. The van der Waals surface area contributed by atoms with Crippen molar-refractivity contribution in [1.82, 2.24) is 10.3 Å². The zero-order valence-corrected chi connectivity index (χ0v) is 10.9. The van der Waals surface area contributed by atoms with E-state index >= 15 is 0 Å². The Labute approximate surface area is 111 Å². The number of amides is 1. The van der Waals surface area contributed by atoms with Gasteiger partial charge in [0.15, 0.2) is 0 Å². The Balaban J connectivity index is 2.50. The number of carboxylic acid groups (broad SMARTS) is 1. The second-order valence-electron chi connectivity index (χ2n) is 3.91. The molecular weight excluding hydrogens is 250 g/mol. The first-order chi connectivity index (χ1) is 9.04. The second-order valence-corrected chi connectivity index (χ2v) is 3.91. The molecule has 0 aliphatic rings. The van der Waals surface area contributed by atoms with Gasteiger partial charge >= 0.3 is 5.97 Å². The number of rotatable bonds is 7. The summed E-state index contributed by atoms with van der Waals surface area (Å²) in [6.07, 6.45) is 1.42. The van der Waals surface area contributed by atoms with E-state index in [1.54, 1.807) is 25.1 Å². The van der Waals surface area contributed by atoms with Gasteiger partial charge in [0.05, 0.1) is 25.0 Å². The smallest absolute Gasteiger partial charge is 0.354 e. The number of likely N-dealkylation sites (N-methyl/N-ethyl adjacent to an activating group) is 1. The van der Waals surface area contributed by atoms with Gasteiger partial charge in [0.25, 0.3) is 0 Å². The first-order valence-electron chi connectivity index (χ1n) is 5.70. The highest BCUT2D eigenvalue weighted by Crippen LogP contribution is 2.10. The summed E-state index contributed by atoms with van der Waals surface area (Å²) in [4.78, 5) is 27.7. The predicted octanol–water partition coefficient (Wildman–Crippen LogP) is -0.0214. The van der Waals surface area contributed by atoms with Crippen molar-refractivity contribution in [2.24, 2.45) is 0 Å². The highest BCUT2D eigenvalue weighted by Gasteiger charge is 2.09. The molecule has 0 radical (unpaired) electrons. The van der Waals surface area contributed by atoms with Crippen LogP contribution >= 0.6 is 0 Å². The van der Waals surface area contributed by atoms with Crippen LogP contribution in [-0.2, 0) is 9.53 Å². The van der Waals surface area contributed by atoms with Gasteiger partial charge in [-0.1, -0.05) is 0 Å². The number of carbonyl (C=O) groups excluding carboxylic acids is 1. The van der Waals surface area contributed by atoms with Crippen LogP contribution in [0.5, 0.6) is 0 Å². The van der Waals surface area contributed by atoms with Crippen LogP contribution in [0.1, 0.15) is 10.5 Å². The van der Waals surface area contributed by atoms with Crippen LogP contribution in [0.25, 0.3) is 0 Å². The van der Waals surface area contributed by atoms with E-state index in [1.165, 1.54) is 12.3 Å². The average Bonchev–Trinajstić information content (AvgIpc) is 2.39. The highest BCUT2D eigenvalue weighted by molar-refractivity contribution is 5.85. The highest BCUT2D eigenvalue weighted by atomic mass is 16.5. The summed E-state index contributed by atoms with van der Waals surface area (Å²) in [7, 11) is 3.29. The van der Waals surface area contributed by atoms with Crippen molar-refractivity contribution in [3.63, 3.8) is 0 Å². The van der Waals surface area contributed by atoms with Crippen LogP contribution in [0.3, 0.4) is 0 Å². The molecule has 0 spiro atoms. The third kappa shape index (κ3) is 4.92. The van der Waals surface area contributed by atoms with Gasteiger partial charge in [0.1, 0.15) is 5.69 Å². The number of aromatic carboxylic acids is 1. The predicted molar refractivity (Wildman–Crippen MR) is 69.4 cm³/mol. The molecule has 0 atom stereocenters. The van der Waals surface area contributed by atoms with Gasteiger partial charge < -0.3 is 20.1 Å². The number of carboxylic acids is 1. The number of anilines is 1. The fourth-order valence-corrected chi connectivity index (χ4v) is 1.39. The van der Waals surface area contributed by atoms with Gasteiger partial charge in [-0.2, -0.15) is 0 Å². The minimum Gasteiger partial charge on any atom is -0.477 e. The molecule has 0 saturated heterocycles. The van der Waals surface area contributed by atoms with Gasteiger partial charge in [-0.15, -0.1) is 0 Å². The van der Waals surface area contributed by atoms with Gasteiger partial charge in [-0.25, -0.2) is 9.78 Å². The molecule has 0 aliphatic carbocycles. The van der Waals surface area contributed by atoms with Crippen molar-refractivity contribution in [3.8, 4) is 0 Å². The molecule has 0 unspecified atom stereocenters. The van der Waals surface area contributed by atoms with Crippen LogP contribution < -0.4 is 10.2 Å². The van der Waals surface area contributed by atoms with Crippen LogP contribution in [0, 0.1) is 0 Å². The fraction of sp³-hybridized carbons (Fsp3) is 0.417. The van der Waals surface area contributed by atoms with Gasteiger partial charge in [0.2, 0.25) is 5.91 Å². The van der Waals surface area contributed by atoms with Crippen molar-refractivity contribution in [3.05, 3.63) is 24.0 Å². The molecule has 7 nitrogen and oxygen atoms in total. The summed E-state index contributed by atoms with van der Waals surface area (Å²) in [6.45, 7) is 1.08. The van der Waals surface area contributed by atoms with Crippen LogP contribution in [0.15, 0.2) is 18.3 Å². The van der Waals surface area contributed by atoms with Gasteiger partial charge in [-0.3, -0.25) is 4.79 Å². The Morgan fingerprint density at radius 2 is 2.21 bits per heavy atom. The molecule has 0 fully saturated rings. The zero-order chi connectivity index (χ0) is 14.3. The van der Waals surface area contributed by atoms with E-state index in [0.717, 1.165) is 0 Å². The monoisotopic (exact) mass is 267 g/mol. The molecule has 0 saturated carbocycles. The average molecular weight is 267 g/mol. The molecule has 2 N–H and O–H groups in total. The lowest BCUT2D eigenvalue weighted by Crippen LogP contribution is -2.36. The van der Waals surface area contributed by atoms with E-state index in [2.05, 4.69) is 10.3 Å². The van der Waals surface area contributed by atoms with E-state index in [-0.39, 0.29) is 18.1 Å². The maximum absolute atomic E-state index is 11.6. The standard InChI is InChI=1S/C12H17N3O4/c1-15(8-11(16)13-5-6-19-2)9-3-4-10(12(17)18)14-7-9/h3-4,7H,5-6,8H2,1-2H3,(H,13,16)(H,17,18). The van der Waals surface area contributed by atoms with Crippen LogP contribution in [-0.4, -0.2) is 55.8 Å². The lowest BCUT2D eigenvalue weighted by atomic mass is 10.3. The van der Waals surface area contributed by atoms with Crippen molar-refractivity contribution in [2.75, 3.05) is 38.8 Å². The molecule has 1 aromatic rings. The summed E-state index contributed by atoms with van der Waals surface area (Å²) < 4.78 is 4.82. The number of hydrogen-bond donors (Lipinski definition) is 2. The Hall–Kier alpha value is -2.15. The molecule has 7 heteroatoms. The Kier molecular flexibility index (Phi) is 5.74. The summed E-state index contributed by atoms with van der Waals surface area (Å²) in [5.41, 5.74) is 0.647. The van der Waals surface area contributed by atoms with E-state index < -0.39 is 5.97 Å². The van der Waals surface area contributed by atoms with Crippen molar-refractivity contribution in [2.45, 2.75) is 0 Å². The molecule has 1 amide bonds. The summed E-state index contributed by atoms with van der Waals surface area (Å²) >= 11 is 0. The van der Waals surface area contributed by atoms with E-state index in [9.17, 15) is 9.59 Å². The number of pyridine rings is 1. The van der Waals surface area contributed by atoms with Crippen molar-refractivity contribution >= 4 is 17.6 Å². The topological polar surface area (TPSA) is 91.8 Å². The third-order valence-electron chi connectivity index (χ3n) is 2.42.